The average molecular weight is 392 g/mol. The first-order valence-electron chi connectivity index (χ1n) is 8.03. The Morgan fingerprint density at radius 1 is 1.19 bits per heavy atom. The topological polar surface area (TPSA) is 90.7 Å². The number of thiophene rings is 1. The molecule has 0 spiro atoms. The molecule has 0 amide bonds. The molecule has 2 aromatic heterocycles. The highest BCUT2D eigenvalue weighted by atomic mass is 32.2. The number of oxazole rings is 1. The van der Waals surface area contributed by atoms with Crippen molar-refractivity contribution in [1.82, 2.24) is 4.98 Å². The molecule has 0 radical (unpaired) electrons. The van der Waals surface area contributed by atoms with E-state index in [1.54, 1.807) is 6.07 Å². The van der Waals surface area contributed by atoms with Crippen LogP contribution in [0.3, 0.4) is 0 Å². The van der Waals surface area contributed by atoms with Crippen LogP contribution in [0.25, 0.3) is 10.8 Å². The maximum atomic E-state index is 13.1. The number of fused-ring (bicyclic) bond motifs is 1. The van der Waals surface area contributed by atoms with Crippen molar-refractivity contribution in [3.05, 3.63) is 35.7 Å². The Kier molecular flexibility index (Phi) is 4.33. The van der Waals surface area contributed by atoms with Gasteiger partial charge in [0.05, 0.1) is 9.77 Å². The second-order valence-corrected chi connectivity index (χ2v) is 8.28. The molecule has 136 valence electrons. The minimum absolute atomic E-state index is 0.0759. The second kappa shape index (κ2) is 6.65. The SMILES string of the molecule is CCNc1oc(-c2cccs2)nc1S(=O)(=O)c1ccc2c(c1)OCCO2. The van der Waals surface area contributed by atoms with Gasteiger partial charge in [0, 0.05) is 12.6 Å². The number of benzene rings is 1. The maximum Gasteiger partial charge on any atom is 0.240 e. The zero-order chi connectivity index (χ0) is 18.1. The Hall–Kier alpha value is -2.52. The van der Waals surface area contributed by atoms with Crippen LogP contribution in [0, 0.1) is 0 Å². The van der Waals surface area contributed by atoms with E-state index in [4.69, 9.17) is 13.9 Å². The molecule has 26 heavy (non-hydrogen) atoms. The smallest absolute Gasteiger partial charge is 0.240 e. The van der Waals surface area contributed by atoms with E-state index in [1.165, 1.54) is 23.5 Å². The maximum absolute atomic E-state index is 13.1. The van der Waals surface area contributed by atoms with Crippen LogP contribution in [0.15, 0.2) is 50.1 Å². The second-order valence-electron chi connectivity index (χ2n) is 5.47. The number of sulfone groups is 1. The minimum atomic E-state index is -3.89. The van der Waals surface area contributed by atoms with Crippen LogP contribution in [0.4, 0.5) is 5.88 Å². The molecule has 7 nitrogen and oxygen atoms in total. The third-order valence-corrected chi connectivity index (χ3v) is 6.26. The number of rotatable bonds is 5. The van der Waals surface area contributed by atoms with Gasteiger partial charge in [-0.2, -0.15) is 4.98 Å². The van der Waals surface area contributed by atoms with Gasteiger partial charge in [-0.05, 0) is 30.5 Å². The van der Waals surface area contributed by atoms with Crippen LogP contribution in [-0.2, 0) is 9.84 Å². The van der Waals surface area contributed by atoms with Gasteiger partial charge in [-0.25, -0.2) is 8.42 Å². The molecular weight excluding hydrogens is 376 g/mol. The molecular formula is C17H16N2O5S2. The lowest BCUT2D eigenvalue weighted by molar-refractivity contribution is 0.171. The largest absolute Gasteiger partial charge is 0.486 e. The Bertz CT molecular complexity index is 1030. The summed E-state index contributed by atoms with van der Waals surface area (Å²) in [6, 6.07) is 8.21. The molecule has 3 aromatic rings. The number of aromatic nitrogens is 1. The van der Waals surface area contributed by atoms with Gasteiger partial charge < -0.3 is 19.2 Å². The van der Waals surface area contributed by atoms with Crippen molar-refractivity contribution >= 4 is 27.1 Å². The fraction of sp³-hybridized carbons (Fsp3) is 0.235. The molecule has 0 bridgehead atoms. The Labute approximate surface area is 154 Å². The molecule has 1 N–H and O–H groups in total. The van der Waals surface area contributed by atoms with E-state index in [1.807, 2.05) is 24.4 Å². The zero-order valence-electron chi connectivity index (χ0n) is 13.9. The van der Waals surface area contributed by atoms with E-state index in [2.05, 4.69) is 10.3 Å². The highest BCUT2D eigenvalue weighted by molar-refractivity contribution is 7.91. The molecule has 1 aromatic carbocycles. The summed E-state index contributed by atoms with van der Waals surface area (Å²) in [4.78, 5) is 5.09. The standard InChI is InChI=1S/C17H16N2O5S2/c1-2-18-16-17(19-15(24-16)14-4-3-9-25-14)26(20,21)11-5-6-12-13(10-11)23-8-7-22-12/h3-6,9-10,18H,2,7-8H2,1H3. The van der Waals surface area contributed by atoms with Gasteiger partial charge in [-0.3, -0.25) is 0 Å². The van der Waals surface area contributed by atoms with Crippen LogP contribution >= 0.6 is 11.3 Å². The molecule has 0 unspecified atom stereocenters. The van der Waals surface area contributed by atoms with Gasteiger partial charge in [-0.1, -0.05) is 6.07 Å². The average Bonchev–Trinajstić information content (AvgIpc) is 3.31. The first-order valence-corrected chi connectivity index (χ1v) is 10.4. The van der Waals surface area contributed by atoms with E-state index in [-0.39, 0.29) is 21.7 Å². The van der Waals surface area contributed by atoms with Crippen molar-refractivity contribution in [1.29, 1.82) is 0 Å². The highest BCUT2D eigenvalue weighted by Gasteiger charge is 2.30. The molecule has 0 saturated heterocycles. The van der Waals surface area contributed by atoms with E-state index < -0.39 is 9.84 Å². The van der Waals surface area contributed by atoms with E-state index in [0.29, 0.717) is 31.3 Å². The van der Waals surface area contributed by atoms with E-state index in [0.717, 1.165) is 4.88 Å². The number of anilines is 1. The third-order valence-electron chi connectivity index (χ3n) is 3.74. The number of nitrogens with one attached hydrogen (secondary N) is 1. The molecule has 3 heterocycles. The van der Waals surface area contributed by atoms with Crippen molar-refractivity contribution in [2.45, 2.75) is 16.8 Å². The van der Waals surface area contributed by atoms with Crippen LogP contribution in [-0.4, -0.2) is 33.2 Å². The fourth-order valence-corrected chi connectivity index (χ4v) is 4.51. The molecule has 0 saturated carbocycles. The summed E-state index contributed by atoms with van der Waals surface area (Å²) in [7, 11) is -3.89. The van der Waals surface area contributed by atoms with E-state index >= 15 is 0 Å². The lowest BCUT2D eigenvalue weighted by Gasteiger charge is -2.18. The molecule has 4 rings (SSSR count). The van der Waals surface area contributed by atoms with Crippen molar-refractivity contribution in [3.8, 4) is 22.3 Å². The summed E-state index contributed by atoms with van der Waals surface area (Å²) >= 11 is 1.43. The van der Waals surface area contributed by atoms with Crippen molar-refractivity contribution in [2.75, 3.05) is 25.1 Å². The molecule has 0 aliphatic carbocycles. The first kappa shape index (κ1) is 16.9. The lowest BCUT2D eigenvalue weighted by Crippen LogP contribution is -2.16. The van der Waals surface area contributed by atoms with Crippen LogP contribution in [0.5, 0.6) is 11.5 Å². The van der Waals surface area contributed by atoms with Gasteiger partial charge in [0.25, 0.3) is 0 Å². The monoisotopic (exact) mass is 392 g/mol. The predicted molar refractivity (Wildman–Crippen MR) is 96.9 cm³/mol. The number of nitrogens with zero attached hydrogens (tertiary/aromatic N) is 1. The first-order chi connectivity index (χ1) is 12.6. The minimum Gasteiger partial charge on any atom is -0.486 e. The third kappa shape index (κ3) is 2.93. The van der Waals surface area contributed by atoms with Crippen LogP contribution in [0.2, 0.25) is 0 Å². The summed E-state index contributed by atoms with van der Waals surface area (Å²) < 4.78 is 42.9. The van der Waals surface area contributed by atoms with Crippen LogP contribution in [0.1, 0.15) is 6.92 Å². The van der Waals surface area contributed by atoms with E-state index in [9.17, 15) is 8.42 Å². The highest BCUT2D eigenvalue weighted by Crippen LogP contribution is 2.37. The van der Waals surface area contributed by atoms with Crippen molar-refractivity contribution < 1.29 is 22.3 Å². The van der Waals surface area contributed by atoms with Gasteiger partial charge >= 0.3 is 0 Å². The Morgan fingerprint density at radius 2 is 2.00 bits per heavy atom. The van der Waals surface area contributed by atoms with Crippen LogP contribution < -0.4 is 14.8 Å². The summed E-state index contributed by atoms with van der Waals surface area (Å²) in [5.74, 6) is 1.34. The predicted octanol–water partition coefficient (Wildman–Crippen LogP) is 3.44. The number of ether oxygens (including phenoxy) is 2. The quantitative estimate of drug-likeness (QED) is 0.711. The summed E-state index contributed by atoms with van der Waals surface area (Å²) in [6.07, 6.45) is 0. The lowest BCUT2D eigenvalue weighted by atomic mass is 10.3. The van der Waals surface area contributed by atoms with Gasteiger partial charge in [0.2, 0.25) is 26.6 Å². The summed E-state index contributed by atoms with van der Waals surface area (Å²) in [6.45, 7) is 3.18. The Morgan fingerprint density at radius 3 is 2.73 bits per heavy atom. The number of hydrogen-bond donors (Lipinski definition) is 1. The van der Waals surface area contributed by atoms with Gasteiger partial charge in [-0.15, -0.1) is 11.3 Å². The van der Waals surface area contributed by atoms with Crippen molar-refractivity contribution in [3.63, 3.8) is 0 Å². The summed E-state index contributed by atoms with van der Waals surface area (Å²) in [5, 5.41) is 4.67. The van der Waals surface area contributed by atoms with Crippen molar-refractivity contribution in [2.24, 2.45) is 0 Å². The molecule has 9 heteroatoms. The fourth-order valence-electron chi connectivity index (χ4n) is 2.57. The zero-order valence-corrected chi connectivity index (χ0v) is 15.5. The Balaban J connectivity index is 1.80. The molecule has 1 aliphatic heterocycles. The van der Waals surface area contributed by atoms with Gasteiger partial charge in [0.15, 0.2) is 11.5 Å². The molecule has 0 fully saturated rings. The number of hydrogen-bond acceptors (Lipinski definition) is 8. The molecule has 0 atom stereocenters. The normalized spacial score (nSPS) is 13.6. The summed E-state index contributed by atoms with van der Waals surface area (Å²) in [5.41, 5.74) is 0. The van der Waals surface area contributed by atoms with Gasteiger partial charge in [0.1, 0.15) is 13.2 Å². The molecule has 1 aliphatic rings.